The number of amides is 3. The van der Waals surface area contributed by atoms with Crippen LogP contribution < -0.4 is 15.4 Å². The van der Waals surface area contributed by atoms with Gasteiger partial charge in [-0.3, -0.25) is 10.1 Å². The van der Waals surface area contributed by atoms with Crippen molar-refractivity contribution >= 4 is 23.7 Å². The normalized spacial score (nSPS) is 14.6. The Labute approximate surface area is 161 Å². The van der Waals surface area contributed by atoms with Crippen LogP contribution >= 0.6 is 11.8 Å². The van der Waals surface area contributed by atoms with Crippen molar-refractivity contribution in [3.63, 3.8) is 0 Å². The molecule has 2 aromatic rings. The Morgan fingerprint density at radius 3 is 2.63 bits per heavy atom. The molecule has 0 spiro atoms. The van der Waals surface area contributed by atoms with Gasteiger partial charge in [0.15, 0.2) is 0 Å². The first-order chi connectivity index (χ1) is 13.1. The molecular formula is C18H22N4O4S. The molecule has 9 heteroatoms. The number of carbonyl (C=O) groups excluding carboxylic acids is 2. The number of nitrogens with one attached hydrogen (secondary N) is 2. The van der Waals surface area contributed by atoms with E-state index in [4.69, 9.17) is 9.15 Å². The van der Waals surface area contributed by atoms with E-state index in [-0.39, 0.29) is 17.0 Å². The van der Waals surface area contributed by atoms with Crippen LogP contribution in [-0.4, -0.2) is 41.0 Å². The fraction of sp³-hybridized carbons (Fsp3) is 0.444. The van der Waals surface area contributed by atoms with Crippen LogP contribution in [0.5, 0.6) is 5.75 Å². The van der Waals surface area contributed by atoms with Gasteiger partial charge in [-0.25, -0.2) is 4.79 Å². The van der Waals surface area contributed by atoms with Gasteiger partial charge in [0.1, 0.15) is 5.75 Å². The Balaban J connectivity index is 1.44. The number of hydrogen-bond donors (Lipinski definition) is 2. The molecule has 2 N–H and O–H groups in total. The number of carbonyl (C=O) groups is 2. The SMILES string of the molecule is COc1ccc(-c2nnc(SCC(=O)NC(=O)NC3CCCCC3)o2)cc1. The highest BCUT2D eigenvalue weighted by molar-refractivity contribution is 7.99. The van der Waals surface area contributed by atoms with Gasteiger partial charge in [-0.15, -0.1) is 10.2 Å². The van der Waals surface area contributed by atoms with Gasteiger partial charge < -0.3 is 14.5 Å². The van der Waals surface area contributed by atoms with Crippen molar-refractivity contribution in [1.29, 1.82) is 0 Å². The fourth-order valence-electron chi connectivity index (χ4n) is 2.88. The third kappa shape index (κ3) is 5.72. The fourth-order valence-corrected chi connectivity index (χ4v) is 3.44. The quantitative estimate of drug-likeness (QED) is 0.730. The number of methoxy groups -OCH3 is 1. The molecule has 0 bridgehead atoms. The average molecular weight is 390 g/mol. The van der Waals surface area contributed by atoms with Gasteiger partial charge in [-0.1, -0.05) is 31.0 Å². The summed E-state index contributed by atoms with van der Waals surface area (Å²) in [5, 5.41) is 13.3. The summed E-state index contributed by atoms with van der Waals surface area (Å²) in [6, 6.07) is 6.92. The lowest BCUT2D eigenvalue weighted by atomic mass is 9.96. The van der Waals surface area contributed by atoms with Gasteiger partial charge >= 0.3 is 6.03 Å². The zero-order valence-electron chi connectivity index (χ0n) is 15.1. The maximum atomic E-state index is 11.9. The largest absolute Gasteiger partial charge is 0.497 e. The van der Waals surface area contributed by atoms with Gasteiger partial charge in [0.25, 0.3) is 5.22 Å². The van der Waals surface area contributed by atoms with Crippen LogP contribution in [0.3, 0.4) is 0 Å². The molecule has 0 saturated heterocycles. The van der Waals surface area contributed by atoms with E-state index < -0.39 is 11.9 Å². The first-order valence-electron chi connectivity index (χ1n) is 8.85. The first kappa shape index (κ1) is 19.2. The number of ether oxygens (including phenoxy) is 1. The average Bonchev–Trinajstić information content (AvgIpc) is 3.16. The lowest BCUT2D eigenvalue weighted by molar-refractivity contribution is -0.117. The van der Waals surface area contributed by atoms with Crippen LogP contribution in [0.25, 0.3) is 11.5 Å². The zero-order chi connectivity index (χ0) is 19.1. The van der Waals surface area contributed by atoms with Crippen molar-refractivity contribution in [1.82, 2.24) is 20.8 Å². The smallest absolute Gasteiger partial charge is 0.321 e. The van der Waals surface area contributed by atoms with E-state index in [2.05, 4.69) is 20.8 Å². The van der Waals surface area contributed by atoms with E-state index in [0.29, 0.717) is 5.89 Å². The van der Waals surface area contributed by atoms with Crippen molar-refractivity contribution < 1.29 is 18.7 Å². The summed E-state index contributed by atoms with van der Waals surface area (Å²) in [5.41, 5.74) is 0.756. The van der Waals surface area contributed by atoms with Crippen LogP contribution in [0.1, 0.15) is 32.1 Å². The number of urea groups is 1. The minimum Gasteiger partial charge on any atom is -0.497 e. The van der Waals surface area contributed by atoms with Crippen LogP contribution in [0.4, 0.5) is 4.79 Å². The molecule has 1 heterocycles. The number of rotatable bonds is 6. The number of thioether (sulfide) groups is 1. The molecule has 0 unspecified atom stereocenters. The van der Waals surface area contributed by atoms with E-state index in [0.717, 1.165) is 48.8 Å². The Bertz CT molecular complexity index is 772. The molecule has 0 atom stereocenters. The summed E-state index contributed by atoms with van der Waals surface area (Å²) in [5.74, 6) is 0.701. The monoisotopic (exact) mass is 390 g/mol. The molecule has 1 aliphatic rings. The van der Waals surface area contributed by atoms with E-state index in [1.165, 1.54) is 6.42 Å². The second-order valence-corrected chi connectivity index (χ2v) is 7.17. The Morgan fingerprint density at radius 2 is 1.93 bits per heavy atom. The Morgan fingerprint density at radius 1 is 1.19 bits per heavy atom. The second-order valence-electron chi connectivity index (χ2n) is 6.25. The minimum atomic E-state index is -0.447. The van der Waals surface area contributed by atoms with Crippen molar-refractivity contribution in [2.45, 2.75) is 43.4 Å². The lowest BCUT2D eigenvalue weighted by Crippen LogP contribution is -2.45. The predicted molar refractivity (Wildman–Crippen MR) is 101 cm³/mol. The molecule has 1 aliphatic carbocycles. The summed E-state index contributed by atoms with van der Waals surface area (Å²) in [4.78, 5) is 23.8. The predicted octanol–water partition coefficient (Wildman–Crippen LogP) is 3.00. The number of aromatic nitrogens is 2. The summed E-state index contributed by atoms with van der Waals surface area (Å²) in [7, 11) is 1.59. The van der Waals surface area contributed by atoms with Gasteiger partial charge in [0.2, 0.25) is 11.8 Å². The molecule has 3 amide bonds. The third-order valence-corrected chi connectivity index (χ3v) is 5.08. The second kappa shape index (κ2) is 9.40. The highest BCUT2D eigenvalue weighted by Gasteiger charge is 2.17. The summed E-state index contributed by atoms with van der Waals surface area (Å²) >= 11 is 1.08. The molecule has 27 heavy (non-hydrogen) atoms. The molecule has 1 saturated carbocycles. The highest BCUT2D eigenvalue weighted by atomic mass is 32.2. The van der Waals surface area contributed by atoms with E-state index in [9.17, 15) is 9.59 Å². The first-order valence-corrected chi connectivity index (χ1v) is 9.83. The van der Waals surface area contributed by atoms with E-state index in [1.807, 2.05) is 12.1 Å². The van der Waals surface area contributed by atoms with Crippen molar-refractivity contribution in [2.75, 3.05) is 12.9 Å². The van der Waals surface area contributed by atoms with E-state index in [1.54, 1.807) is 19.2 Å². The zero-order valence-corrected chi connectivity index (χ0v) is 15.9. The Kier molecular flexibility index (Phi) is 6.69. The van der Waals surface area contributed by atoms with Gasteiger partial charge in [-0.2, -0.15) is 0 Å². The topological polar surface area (TPSA) is 106 Å². The Hall–Kier alpha value is -2.55. The molecule has 1 aromatic carbocycles. The highest BCUT2D eigenvalue weighted by Crippen LogP contribution is 2.24. The standard InChI is InChI=1S/C18H22N4O4S/c1-25-14-9-7-12(8-10-14)16-21-22-18(26-16)27-11-15(23)20-17(24)19-13-5-3-2-4-6-13/h7-10,13H,2-6,11H2,1H3,(H2,19,20,23,24). The van der Waals surface area contributed by atoms with Crippen molar-refractivity contribution in [3.8, 4) is 17.2 Å². The minimum absolute atomic E-state index is 0.0162. The summed E-state index contributed by atoms with van der Waals surface area (Å²) in [6.07, 6.45) is 5.36. The molecule has 1 fully saturated rings. The molecule has 0 radical (unpaired) electrons. The van der Waals surface area contributed by atoms with Crippen LogP contribution in [0.2, 0.25) is 0 Å². The van der Waals surface area contributed by atoms with Crippen molar-refractivity contribution in [3.05, 3.63) is 24.3 Å². The van der Waals surface area contributed by atoms with Crippen LogP contribution in [0.15, 0.2) is 33.9 Å². The van der Waals surface area contributed by atoms with Crippen LogP contribution in [-0.2, 0) is 4.79 Å². The van der Waals surface area contributed by atoms with Crippen molar-refractivity contribution in [2.24, 2.45) is 0 Å². The molecular weight excluding hydrogens is 368 g/mol. The maximum Gasteiger partial charge on any atom is 0.321 e. The number of hydrogen-bond acceptors (Lipinski definition) is 7. The van der Waals surface area contributed by atoms with Gasteiger partial charge in [0.05, 0.1) is 12.9 Å². The maximum absolute atomic E-state index is 11.9. The van der Waals surface area contributed by atoms with Gasteiger partial charge in [0, 0.05) is 11.6 Å². The lowest BCUT2D eigenvalue weighted by Gasteiger charge is -2.22. The molecule has 3 rings (SSSR count). The van der Waals surface area contributed by atoms with E-state index >= 15 is 0 Å². The number of nitrogens with zero attached hydrogens (tertiary/aromatic N) is 2. The van der Waals surface area contributed by atoms with Gasteiger partial charge in [-0.05, 0) is 37.1 Å². The molecule has 1 aromatic heterocycles. The third-order valence-electron chi connectivity index (χ3n) is 4.26. The molecule has 8 nitrogen and oxygen atoms in total. The van der Waals surface area contributed by atoms with Crippen LogP contribution in [0, 0.1) is 0 Å². The summed E-state index contributed by atoms with van der Waals surface area (Å²) < 4.78 is 10.6. The molecule has 144 valence electrons. The molecule has 0 aliphatic heterocycles. The number of benzene rings is 1. The summed E-state index contributed by atoms with van der Waals surface area (Å²) in [6.45, 7) is 0. The number of imide groups is 1.